The molecule has 1 saturated heterocycles. The highest BCUT2D eigenvalue weighted by atomic mass is 35.5. The summed E-state index contributed by atoms with van der Waals surface area (Å²) in [6.45, 7) is 0. The topological polar surface area (TPSA) is 96.3 Å². The molecular weight excluding hydrogens is 539 g/mol. The van der Waals surface area contributed by atoms with E-state index in [1.807, 2.05) is 24.3 Å². The first-order valence-electron chi connectivity index (χ1n) is 10.6. The Morgan fingerprint density at radius 2 is 1.58 bits per heavy atom. The number of pyridine rings is 1. The number of carbonyl (C=O) groups is 2. The predicted octanol–water partition coefficient (Wildman–Crippen LogP) is 6.16. The van der Waals surface area contributed by atoms with Crippen molar-refractivity contribution in [1.82, 2.24) is 15.2 Å². The lowest BCUT2D eigenvalue weighted by atomic mass is 9.96. The number of thioether (sulfide) groups is 1. The third kappa shape index (κ3) is 4.87. The molecule has 11 heteroatoms. The maximum atomic E-state index is 13.2. The van der Waals surface area contributed by atoms with Gasteiger partial charge in [-0.05, 0) is 59.7 Å². The number of aliphatic hydroxyl groups excluding tert-OH is 1. The van der Waals surface area contributed by atoms with Crippen LogP contribution in [0.3, 0.4) is 0 Å². The van der Waals surface area contributed by atoms with Crippen molar-refractivity contribution in [2.24, 2.45) is 0 Å². The van der Waals surface area contributed by atoms with Gasteiger partial charge in [-0.2, -0.15) is 0 Å². The average molecular weight is 555 g/mol. The van der Waals surface area contributed by atoms with E-state index in [9.17, 15) is 14.7 Å². The molecule has 36 heavy (non-hydrogen) atoms. The van der Waals surface area contributed by atoms with Gasteiger partial charge in [0.15, 0.2) is 4.34 Å². The van der Waals surface area contributed by atoms with E-state index >= 15 is 0 Å². The molecule has 1 N–H and O–H groups in total. The van der Waals surface area contributed by atoms with Gasteiger partial charge in [-0.15, -0.1) is 10.2 Å². The SMILES string of the molecule is O=C1C(=O)N(c2nnc(SCc3ccc(Cl)cc3)s2)C(c2ccncc2)/C1=C(/O)c1ccc(Cl)cc1. The summed E-state index contributed by atoms with van der Waals surface area (Å²) in [5.74, 6) is -1.27. The maximum Gasteiger partial charge on any atom is 0.301 e. The highest BCUT2D eigenvalue weighted by Gasteiger charge is 2.48. The third-order valence-electron chi connectivity index (χ3n) is 5.46. The molecule has 1 unspecified atom stereocenters. The van der Waals surface area contributed by atoms with Crippen LogP contribution in [0.1, 0.15) is 22.7 Å². The number of benzene rings is 2. The summed E-state index contributed by atoms with van der Waals surface area (Å²) >= 11 is 14.6. The van der Waals surface area contributed by atoms with Crippen molar-refractivity contribution in [2.75, 3.05) is 4.90 Å². The summed E-state index contributed by atoms with van der Waals surface area (Å²) in [5.41, 5.74) is 1.98. The van der Waals surface area contributed by atoms with Gasteiger partial charge < -0.3 is 5.11 Å². The first kappa shape index (κ1) is 24.5. The maximum absolute atomic E-state index is 13.2. The molecule has 2 aromatic carbocycles. The van der Waals surface area contributed by atoms with Crippen LogP contribution in [0.5, 0.6) is 0 Å². The minimum Gasteiger partial charge on any atom is -0.507 e. The summed E-state index contributed by atoms with van der Waals surface area (Å²) in [6.07, 6.45) is 3.12. The lowest BCUT2D eigenvalue weighted by molar-refractivity contribution is -0.132. The Labute approximate surface area is 224 Å². The Hall–Kier alpha value is -3.24. The molecule has 1 amide bonds. The van der Waals surface area contributed by atoms with E-state index in [1.165, 1.54) is 28.0 Å². The molecule has 0 bridgehead atoms. The minimum atomic E-state index is -0.897. The lowest BCUT2D eigenvalue weighted by Crippen LogP contribution is -2.29. The Morgan fingerprint density at radius 1 is 0.944 bits per heavy atom. The molecule has 3 heterocycles. The normalized spacial score (nSPS) is 17.1. The highest BCUT2D eigenvalue weighted by Crippen LogP contribution is 2.44. The van der Waals surface area contributed by atoms with Crippen LogP contribution in [-0.4, -0.2) is 32.0 Å². The summed E-state index contributed by atoms with van der Waals surface area (Å²) in [6, 6.07) is 16.3. The summed E-state index contributed by atoms with van der Waals surface area (Å²) in [7, 11) is 0. The van der Waals surface area contributed by atoms with E-state index in [4.69, 9.17) is 23.2 Å². The van der Waals surface area contributed by atoms with Crippen molar-refractivity contribution in [2.45, 2.75) is 16.1 Å². The number of Topliss-reactive ketones (excluding diaryl/α,β-unsaturated/α-hetero) is 1. The largest absolute Gasteiger partial charge is 0.507 e. The smallest absolute Gasteiger partial charge is 0.301 e. The highest BCUT2D eigenvalue weighted by molar-refractivity contribution is 8.00. The van der Waals surface area contributed by atoms with E-state index < -0.39 is 17.7 Å². The fraction of sp³-hybridized carbons (Fsp3) is 0.0800. The Bertz CT molecular complexity index is 1460. The van der Waals surface area contributed by atoms with Crippen LogP contribution >= 0.6 is 46.3 Å². The monoisotopic (exact) mass is 554 g/mol. The van der Waals surface area contributed by atoms with Gasteiger partial charge in [0.2, 0.25) is 5.13 Å². The van der Waals surface area contributed by atoms with Crippen molar-refractivity contribution in [3.05, 3.63) is 105 Å². The van der Waals surface area contributed by atoms with Crippen molar-refractivity contribution in [3.8, 4) is 0 Å². The summed E-state index contributed by atoms with van der Waals surface area (Å²) in [5, 5.41) is 20.9. The number of aromatic nitrogens is 3. The number of amides is 1. The van der Waals surface area contributed by atoms with Crippen LogP contribution in [0.4, 0.5) is 5.13 Å². The molecule has 0 saturated carbocycles. The van der Waals surface area contributed by atoms with Crippen LogP contribution in [0.2, 0.25) is 10.0 Å². The first-order valence-corrected chi connectivity index (χ1v) is 13.2. The molecule has 1 fully saturated rings. The number of hydrogen-bond donors (Lipinski definition) is 1. The molecular formula is C25H16Cl2N4O3S2. The Balaban J connectivity index is 1.51. The average Bonchev–Trinajstić information content (AvgIpc) is 3.46. The third-order valence-corrected chi connectivity index (χ3v) is 8.09. The second kappa shape index (κ2) is 10.4. The Kier molecular flexibility index (Phi) is 7.06. The fourth-order valence-electron chi connectivity index (χ4n) is 3.74. The number of halogens is 2. The van der Waals surface area contributed by atoms with Crippen molar-refractivity contribution in [3.63, 3.8) is 0 Å². The number of hydrogen-bond acceptors (Lipinski definition) is 8. The predicted molar refractivity (Wildman–Crippen MR) is 141 cm³/mol. The molecule has 0 aliphatic carbocycles. The molecule has 180 valence electrons. The molecule has 1 aliphatic heterocycles. The molecule has 2 aromatic heterocycles. The van der Waals surface area contributed by atoms with Crippen LogP contribution < -0.4 is 4.90 Å². The Morgan fingerprint density at radius 3 is 2.25 bits per heavy atom. The number of carbonyl (C=O) groups excluding carboxylic acids is 2. The number of anilines is 1. The number of nitrogens with zero attached hydrogens (tertiary/aromatic N) is 4. The standard InChI is InChI=1S/C25H16Cl2N4O3S2/c26-17-5-1-14(2-6-17)13-35-25-30-29-24(36-25)31-20(15-9-11-28-12-10-15)19(22(33)23(31)34)21(32)16-3-7-18(27)8-4-16/h1-12,20,32H,13H2/b21-19-. The first-order chi connectivity index (χ1) is 17.4. The number of rotatable bonds is 6. The van der Waals surface area contributed by atoms with Crippen LogP contribution in [0, 0.1) is 0 Å². The van der Waals surface area contributed by atoms with Gasteiger partial charge in [-0.25, -0.2) is 0 Å². The van der Waals surface area contributed by atoms with Gasteiger partial charge in [0.25, 0.3) is 5.78 Å². The van der Waals surface area contributed by atoms with Gasteiger partial charge in [0.1, 0.15) is 5.76 Å². The molecule has 1 atom stereocenters. The summed E-state index contributed by atoms with van der Waals surface area (Å²) in [4.78, 5) is 31.7. The molecule has 5 rings (SSSR count). The van der Waals surface area contributed by atoms with Gasteiger partial charge in [-0.1, -0.05) is 58.4 Å². The number of aliphatic hydroxyl groups is 1. The van der Waals surface area contributed by atoms with Crippen LogP contribution in [0.15, 0.2) is 83.0 Å². The van der Waals surface area contributed by atoms with E-state index in [2.05, 4.69) is 15.2 Å². The second-order valence-electron chi connectivity index (χ2n) is 7.72. The van der Waals surface area contributed by atoms with Gasteiger partial charge in [-0.3, -0.25) is 19.5 Å². The lowest BCUT2D eigenvalue weighted by Gasteiger charge is -2.22. The molecule has 0 radical (unpaired) electrons. The zero-order valence-electron chi connectivity index (χ0n) is 18.3. The van der Waals surface area contributed by atoms with Gasteiger partial charge >= 0.3 is 5.91 Å². The van der Waals surface area contributed by atoms with Crippen molar-refractivity contribution < 1.29 is 14.7 Å². The second-order valence-corrected chi connectivity index (χ2v) is 10.8. The van der Waals surface area contributed by atoms with Crippen LogP contribution in [0.25, 0.3) is 5.76 Å². The zero-order chi connectivity index (χ0) is 25.2. The van der Waals surface area contributed by atoms with Gasteiger partial charge in [0, 0.05) is 33.8 Å². The van der Waals surface area contributed by atoms with Crippen molar-refractivity contribution >= 4 is 68.9 Å². The zero-order valence-corrected chi connectivity index (χ0v) is 21.5. The number of ketones is 1. The van der Waals surface area contributed by atoms with E-state index in [0.717, 1.165) is 5.56 Å². The van der Waals surface area contributed by atoms with E-state index in [1.54, 1.807) is 48.8 Å². The minimum absolute atomic E-state index is 0.0425. The van der Waals surface area contributed by atoms with Crippen molar-refractivity contribution in [1.29, 1.82) is 0 Å². The fourth-order valence-corrected chi connectivity index (χ4v) is 5.81. The van der Waals surface area contributed by atoms with Gasteiger partial charge in [0.05, 0.1) is 11.6 Å². The molecule has 4 aromatic rings. The van der Waals surface area contributed by atoms with Crippen LogP contribution in [-0.2, 0) is 15.3 Å². The van der Waals surface area contributed by atoms with E-state index in [-0.39, 0.29) is 16.5 Å². The molecule has 7 nitrogen and oxygen atoms in total. The summed E-state index contributed by atoms with van der Waals surface area (Å²) < 4.78 is 0.632. The molecule has 1 aliphatic rings. The molecule has 0 spiro atoms. The van der Waals surface area contributed by atoms with E-state index in [0.29, 0.717) is 31.3 Å². The quantitative estimate of drug-likeness (QED) is 0.100.